The highest BCUT2D eigenvalue weighted by atomic mass is 14.6. The monoisotopic (exact) mass is 566 g/mol. The maximum Gasteiger partial charge on any atom is 0.0470 e. The molecule has 0 saturated heterocycles. The van der Waals surface area contributed by atoms with Crippen LogP contribution in [0.25, 0.3) is 44.2 Å². The molecule has 44 heavy (non-hydrogen) atoms. The van der Waals surface area contributed by atoms with E-state index in [2.05, 4.69) is 135 Å². The fraction of sp³-hybridized carbons (Fsp3) is 0.227. The number of hydrogen-bond donors (Lipinski definition) is 0. The van der Waals surface area contributed by atoms with Gasteiger partial charge in [0.25, 0.3) is 0 Å². The minimum atomic E-state index is -0.173. The van der Waals surface area contributed by atoms with E-state index in [1.54, 1.807) is 22.3 Å². The van der Waals surface area contributed by atoms with Crippen molar-refractivity contribution in [3.05, 3.63) is 155 Å². The molecule has 0 unspecified atom stereocenters. The van der Waals surface area contributed by atoms with E-state index < -0.39 is 0 Å². The number of fused-ring (bicyclic) bond motifs is 12. The Bertz CT molecular complexity index is 2100. The first-order valence-corrected chi connectivity index (χ1v) is 16.8. The molecule has 214 valence electrons. The molecular weight excluding hydrogens is 528 g/mol. The van der Waals surface area contributed by atoms with Crippen molar-refractivity contribution < 1.29 is 0 Å². The highest BCUT2D eigenvalue weighted by molar-refractivity contribution is 6.14. The highest BCUT2D eigenvalue weighted by Gasteiger charge is 2.59. The van der Waals surface area contributed by atoms with Gasteiger partial charge in [-0.2, -0.15) is 0 Å². The molecule has 0 heterocycles. The van der Waals surface area contributed by atoms with Gasteiger partial charge in [0.15, 0.2) is 0 Å². The molecule has 3 aliphatic carbocycles. The van der Waals surface area contributed by atoms with Gasteiger partial charge in [-0.25, -0.2) is 0 Å². The van der Waals surface area contributed by atoms with Crippen molar-refractivity contribution in [2.75, 3.05) is 0 Å². The number of unbranched alkanes of at least 4 members (excludes halogenated alkanes) is 2. The summed E-state index contributed by atoms with van der Waals surface area (Å²) < 4.78 is 0. The van der Waals surface area contributed by atoms with Gasteiger partial charge < -0.3 is 0 Å². The molecule has 9 rings (SSSR count). The van der Waals surface area contributed by atoms with Gasteiger partial charge in [-0.3, -0.25) is 0 Å². The van der Waals surface area contributed by atoms with Gasteiger partial charge in [0.1, 0.15) is 0 Å². The first-order valence-electron chi connectivity index (χ1n) is 16.8. The Morgan fingerprint density at radius 1 is 0.432 bits per heavy atom. The average molecular weight is 567 g/mol. The molecule has 0 saturated carbocycles. The lowest BCUT2D eigenvalue weighted by Crippen LogP contribution is -2.42. The molecule has 0 fully saturated rings. The standard InChI is InChI=1S/C44H38/c1-3-5-26-43-35-21-13-12-20-33(35)39-31-18-10-11-19-32(31)40-34-25-24-30(29-16-8-7-9-17-29)28-38(34)44(27-6-4-2,42(40)41(39)43)37-23-15-14-22-36(37)43/h7-25,28H,3-6,26-27H2,1-2H3/t43-,44-/m0/s1. The molecule has 0 bridgehead atoms. The molecule has 0 heteroatoms. The van der Waals surface area contributed by atoms with Gasteiger partial charge in [-0.15, -0.1) is 0 Å². The van der Waals surface area contributed by atoms with Crippen LogP contribution in [0.1, 0.15) is 85.8 Å². The lowest BCUT2D eigenvalue weighted by molar-refractivity contribution is 0.459. The fourth-order valence-corrected chi connectivity index (χ4v) is 9.58. The molecule has 6 aromatic carbocycles. The van der Waals surface area contributed by atoms with E-state index in [0.29, 0.717) is 0 Å². The molecule has 6 aromatic rings. The van der Waals surface area contributed by atoms with Gasteiger partial charge in [-0.1, -0.05) is 155 Å². The van der Waals surface area contributed by atoms with Crippen LogP contribution >= 0.6 is 0 Å². The summed E-state index contributed by atoms with van der Waals surface area (Å²) in [6, 6.07) is 46.7. The SMILES string of the molecule is CCCC[C@@]12c3ccccc3-c3c1c1c(c4ccccc34)-c3ccc(-c4ccccc4)cc3[C@]1(CCCC)c1ccccc12. The molecule has 0 N–H and O–H groups in total. The van der Waals surface area contributed by atoms with Crippen molar-refractivity contribution in [1.82, 2.24) is 0 Å². The quantitative estimate of drug-likeness (QED) is 0.180. The first-order chi connectivity index (χ1) is 21.8. The van der Waals surface area contributed by atoms with Crippen molar-refractivity contribution in [2.45, 2.75) is 63.2 Å². The van der Waals surface area contributed by atoms with Crippen molar-refractivity contribution >= 4 is 10.8 Å². The maximum absolute atomic E-state index is 2.57. The van der Waals surface area contributed by atoms with Crippen LogP contribution in [-0.2, 0) is 10.8 Å². The van der Waals surface area contributed by atoms with E-state index in [9.17, 15) is 0 Å². The van der Waals surface area contributed by atoms with E-state index in [1.807, 2.05) is 0 Å². The Morgan fingerprint density at radius 3 is 1.55 bits per heavy atom. The summed E-state index contributed by atoms with van der Waals surface area (Å²) in [4.78, 5) is 0. The van der Waals surface area contributed by atoms with Crippen LogP contribution in [0, 0.1) is 0 Å². The van der Waals surface area contributed by atoms with Crippen molar-refractivity contribution in [3.8, 4) is 33.4 Å². The number of rotatable bonds is 7. The Balaban J connectivity index is 1.52. The summed E-state index contributed by atoms with van der Waals surface area (Å²) >= 11 is 0. The van der Waals surface area contributed by atoms with Crippen LogP contribution in [0.2, 0.25) is 0 Å². The molecule has 0 amide bonds. The minimum absolute atomic E-state index is 0.132. The second kappa shape index (κ2) is 9.54. The van der Waals surface area contributed by atoms with Crippen molar-refractivity contribution in [3.63, 3.8) is 0 Å². The first kappa shape index (κ1) is 26.0. The zero-order valence-corrected chi connectivity index (χ0v) is 25.8. The molecule has 0 radical (unpaired) electrons. The summed E-state index contributed by atoms with van der Waals surface area (Å²) in [5.74, 6) is 0. The third-order valence-corrected chi connectivity index (χ3v) is 11.2. The summed E-state index contributed by atoms with van der Waals surface area (Å²) in [5.41, 5.74) is 17.5. The number of hydrogen-bond acceptors (Lipinski definition) is 0. The van der Waals surface area contributed by atoms with Crippen LogP contribution in [0.3, 0.4) is 0 Å². The molecule has 0 spiro atoms. The Kier molecular flexibility index (Phi) is 5.64. The fourth-order valence-electron chi connectivity index (χ4n) is 9.58. The second-order valence-corrected chi connectivity index (χ2v) is 13.3. The third-order valence-electron chi connectivity index (χ3n) is 11.2. The van der Waals surface area contributed by atoms with Crippen LogP contribution in [0.5, 0.6) is 0 Å². The molecule has 2 atom stereocenters. The van der Waals surface area contributed by atoms with E-state index in [-0.39, 0.29) is 10.8 Å². The smallest absolute Gasteiger partial charge is 0.0470 e. The van der Waals surface area contributed by atoms with Crippen molar-refractivity contribution in [1.29, 1.82) is 0 Å². The predicted octanol–water partition coefficient (Wildman–Crippen LogP) is 11.8. The van der Waals surface area contributed by atoms with E-state index >= 15 is 0 Å². The molecule has 3 aliphatic rings. The van der Waals surface area contributed by atoms with Gasteiger partial charge in [0, 0.05) is 10.8 Å². The molecule has 0 aliphatic heterocycles. The third kappa shape index (κ3) is 3.09. The largest absolute Gasteiger partial charge is 0.0654 e. The van der Waals surface area contributed by atoms with Crippen LogP contribution in [0.15, 0.2) is 121 Å². The Labute approximate surface area is 261 Å². The van der Waals surface area contributed by atoms with Gasteiger partial charge >= 0.3 is 0 Å². The van der Waals surface area contributed by atoms with Gasteiger partial charge in [0.2, 0.25) is 0 Å². The van der Waals surface area contributed by atoms with Crippen molar-refractivity contribution in [2.24, 2.45) is 0 Å². The molecule has 0 aromatic heterocycles. The highest BCUT2D eigenvalue weighted by Crippen LogP contribution is 2.71. The lowest BCUT2D eigenvalue weighted by atomic mass is 9.54. The Hall–Kier alpha value is -4.42. The topological polar surface area (TPSA) is 0 Å². The van der Waals surface area contributed by atoms with E-state index in [1.165, 1.54) is 81.0 Å². The molecular formula is C44H38. The van der Waals surface area contributed by atoms with E-state index in [0.717, 1.165) is 12.8 Å². The van der Waals surface area contributed by atoms with Crippen LogP contribution in [0.4, 0.5) is 0 Å². The van der Waals surface area contributed by atoms with Gasteiger partial charge in [0.05, 0.1) is 0 Å². The Morgan fingerprint density at radius 2 is 0.932 bits per heavy atom. The lowest BCUT2D eigenvalue weighted by Gasteiger charge is -2.48. The maximum atomic E-state index is 2.57. The zero-order valence-electron chi connectivity index (χ0n) is 25.8. The number of benzene rings is 6. The zero-order chi connectivity index (χ0) is 29.5. The normalized spacial score (nSPS) is 19.9. The summed E-state index contributed by atoms with van der Waals surface area (Å²) in [7, 11) is 0. The predicted molar refractivity (Wildman–Crippen MR) is 186 cm³/mol. The summed E-state index contributed by atoms with van der Waals surface area (Å²) in [5, 5.41) is 2.82. The van der Waals surface area contributed by atoms with Crippen LogP contribution < -0.4 is 0 Å². The molecule has 0 nitrogen and oxygen atoms in total. The minimum Gasteiger partial charge on any atom is -0.0654 e. The van der Waals surface area contributed by atoms with E-state index in [4.69, 9.17) is 0 Å². The van der Waals surface area contributed by atoms with Crippen LogP contribution in [-0.4, -0.2) is 0 Å². The van der Waals surface area contributed by atoms with Gasteiger partial charge in [-0.05, 0) is 96.4 Å². The average Bonchev–Trinajstić information content (AvgIpc) is 3.55. The summed E-state index contributed by atoms with van der Waals surface area (Å²) in [6.07, 6.45) is 7.05. The summed E-state index contributed by atoms with van der Waals surface area (Å²) in [6.45, 7) is 4.71. The second-order valence-electron chi connectivity index (χ2n) is 13.3.